The summed E-state index contributed by atoms with van der Waals surface area (Å²) in [6.45, 7) is 10.3. The standard InChI is InChI=1S/C26H34N2O4/c1-5-19(3)31-23-11-7-21(8-12-23)25(29)27-15-17-28(18-16-27)26(30)22-9-13-24(14-10-22)32-20(4)6-2/h7-14,19-20H,5-6,15-18H2,1-4H3. The highest BCUT2D eigenvalue weighted by molar-refractivity contribution is 5.96. The van der Waals surface area contributed by atoms with Gasteiger partial charge >= 0.3 is 0 Å². The molecule has 2 unspecified atom stereocenters. The van der Waals surface area contributed by atoms with Gasteiger partial charge in [0.1, 0.15) is 11.5 Å². The molecule has 6 nitrogen and oxygen atoms in total. The summed E-state index contributed by atoms with van der Waals surface area (Å²) in [5, 5.41) is 0. The molecule has 32 heavy (non-hydrogen) atoms. The Morgan fingerprint density at radius 2 is 1.00 bits per heavy atom. The highest BCUT2D eigenvalue weighted by Crippen LogP contribution is 2.19. The van der Waals surface area contributed by atoms with E-state index >= 15 is 0 Å². The SMILES string of the molecule is CCC(C)Oc1ccc(C(=O)N2CCN(C(=O)c3ccc(OC(C)CC)cc3)CC2)cc1. The molecule has 1 fully saturated rings. The number of carbonyl (C=O) groups is 2. The molecular formula is C26H34N2O4. The summed E-state index contributed by atoms with van der Waals surface area (Å²) in [5.74, 6) is 1.51. The molecule has 1 aliphatic rings. The Balaban J connectivity index is 1.53. The summed E-state index contributed by atoms with van der Waals surface area (Å²) < 4.78 is 11.6. The van der Waals surface area contributed by atoms with Gasteiger partial charge in [0.25, 0.3) is 11.8 Å². The maximum absolute atomic E-state index is 12.9. The second-order valence-corrected chi connectivity index (χ2v) is 8.31. The van der Waals surface area contributed by atoms with Crippen molar-refractivity contribution in [2.45, 2.75) is 52.7 Å². The summed E-state index contributed by atoms with van der Waals surface area (Å²) in [6.07, 6.45) is 2.15. The zero-order valence-corrected chi connectivity index (χ0v) is 19.5. The highest BCUT2D eigenvalue weighted by atomic mass is 16.5. The monoisotopic (exact) mass is 438 g/mol. The fraction of sp³-hybridized carbons (Fsp3) is 0.462. The first-order chi connectivity index (χ1) is 15.4. The average Bonchev–Trinajstić information content (AvgIpc) is 2.84. The van der Waals surface area contributed by atoms with Gasteiger partial charge in [-0.15, -0.1) is 0 Å². The van der Waals surface area contributed by atoms with E-state index in [2.05, 4.69) is 13.8 Å². The van der Waals surface area contributed by atoms with Crippen LogP contribution in [-0.4, -0.2) is 60.0 Å². The second kappa shape index (κ2) is 11.0. The van der Waals surface area contributed by atoms with Crippen LogP contribution in [0.5, 0.6) is 11.5 Å². The van der Waals surface area contributed by atoms with Gasteiger partial charge in [-0.2, -0.15) is 0 Å². The summed E-state index contributed by atoms with van der Waals surface area (Å²) in [5.41, 5.74) is 1.27. The van der Waals surface area contributed by atoms with Crippen molar-refractivity contribution in [2.75, 3.05) is 26.2 Å². The van der Waals surface area contributed by atoms with Gasteiger partial charge in [-0.25, -0.2) is 0 Å². The molecule has 2 aromatic carbocycles. The Labute approximate surface area is 191 Å². The molecule has 0 aliphatic carbocycles. The molecule has 0 saturated carbocycles. The van der Waals surface area contributed by atoms with E-state index in [1.54, 1.807) is 34.1 Å². The largest absolute Gasteiger partial charge is 0.491 e. The van der Waals surface area contributed by atoms with Crippen LogP contribution in [0.2, 0.25) is 0 Å². The molecule has 1 heterocycles. The van der Waals surface area contributed by atoms with Crippen molar-refractivity contribution in [3.63, 3.8) is 0 Å². The number of nitrogens with zero attached hydrogens (tertiary/aromatic N) is 2. The highest BCUT2D eigenvalue weighted by Gasteiger charge is 2.25. The Hall–Kier alpha value is -3.02. The number of hydrogen-bond donors (Lipinski definition) is 0. The number of amides is 2. The van der Waals surface area contributed by atoms with E-state index in [1.165, 1.54) is 0 Å². The van der Waals surface area contributed by atoms with Crippen LogP contribution in [0, 0.1) is 0 Å². The molecule has 6 heteroatoms. The summed E-state index contributed by atoms with van der Waals surface area (Å²) in [4.78, 5) is 29.3. The lowest BCUT2D eigenvalue weighted by molar-refractivity contribution is 0.0535. The number of benzene rings is 2. The van der Waals surface area contributed by atoms with E-state index in [0.717, 1.165) is 24.3 Å². The van der Waals surface area contributed by atoms with Crippen LogP contribution in [0.25, 0.3) is 0 Å². The lowest BCUT2D eigenvalue weighted by Gasteiger charge is -2.35. The first kappa shape index (κ1) is 23.6. The number of ether oxygens (including phenoxy) is 2. The summed E-state index contributed by atoms with van der Waals surface area (Å²) in [6, 6.07) is 14.6. The smallest absolute Gasteiger partial charge is 0.253 e. The molecule has 0 radical (unpaired) electrons. The number of carbonyl (C=O) groups excluding carboxylic acids is 2. The van der Waals surface area contributed by atoms with E-state index in [-0.39, 0.29) is 24.0 Å². The van der Waals surface area contributed by atoms with Crippen molar-refractivity contribution in [2.24, 2.45) is 0 Å². The minimum atomic E-state index is -0.0151. The maximum Gasteiger partial charge on any atom is 0.253 e. The molecular weight excluding hydrogens is 404 g/mol. The molecule has 172 valence electrons. The van der Waals surface area contributed by atoms with Crippen LogP contribution in [0.1, 0.15) is 61.3 Å². The van der Waals surface area contributed by atoms with Crippen LogP contribution in [0.4, 0.5) is 0 Å². The molecule has 1 aliphatic heterocycles. The van der Waals surface area contributed by atoms with Gasteiger partial charge < -0.3 is 19.3 Å². The Morgan fingerprint density at radius 1 is 0.688 bits per heavy atom. The van der Waals surface area contributed by atoms with E-state index < -0.39 is 0 Å². The van der Waals surface area contributed by atoms with Crippen LogP contribution in [0.3, 0.4) is 0 Å². The predicted molar refractivity (Wildman–Crippen MR) is 125 cm³/mol. The van der Waals surface area contributed by atoms with Crippen LogP contribution >= 0.6 is 0 Å². The number of hydrogen-bond acceptors (Lipinski definition) is 4. The van der Waals surface area contributed by atoms with Gasteiger partial charge in [0.05, 0.1) is 12.2 Å². The third kappa shape index (κ3) is 6.02. The topological polar surface area (TPSA) is 59.1 Å². The minimum Gasteiger partial charge on any atom is -0.491 e. The fourth-order valence-corrected chi connectivity index (χ4v) is 3.46. The molecule has 2 aromatic rings. The first-order valence-electron chi connectivity index (χ1n) is 11.5. The van der Waals surface area contributed by atoms with E-state index in [4.69, 9.17) is 9.47 Å². The molecule has 0 bridgehead atoms. The van der Waals surface area contributed by atoms with Gasteiger partial charge in [0.2, 0.25) is 0 Å². The third-order valence-corrected chi connectivity index (χ3v) is 5.88. The average molecular weight is 439 g/mol. The predicted octanol–water partition coefficient (Wildman–Crippen LogP) is 4.64. The van der Waals surface area contributed by atoms with Crippen molar-refractivity contribution in [1.82, 2.24) is 9.80 Å². The Kier molecular flexibility index (Phi) is 8.14. The summed E-state index contributed by atoms with van der Waals surface area (Å²) in [7, 11) is 0. The van der Waals surface area contributed by atoms with Gasteiger partial charge in [-0.1, -0.05) is 13.8 Å². The lowest BCUT2D eigenvalue weighted by atomic mass is 10.1. The lowest BCUT2D eigenvalue weighted by Crippen LogP contribution is -2.50. The van der Waals surface area contributed by atoms with Crippen molar-refractivity contribution < 1.29 is 19.1 Å². The molecule has 0 aromatic heterocycles. The van der Waals surface area contributed by atoms with Crippen LogP contribution < -0.4 is 9.47 Å². The van der Waals surface area contributed by atoms with Crippen LogP contribution in [0.15, 0.2) is 48.5 Å². The zero-order valence-electron chi connectivity index (χ0n) is 19.5. The normalized spacial score (nSPS) is 15.8. The van der Waals surface area contributed by atoms with Crippen molar-refractivity contribution in [3.8, 4) is 11.5 Å². The Morgan fingerprint density at radius 3 is 1.28 bits per heavy atom. The number of rotatable bonds is 8. The van der Waals surface area contributed by atoms with Gasteiger partial charge in [-0.05, 0) is 75.2 Å². The van der Waals surface area contributed by atoms with Crippen molar-refractivity contribution >= 4 is 11.8 Å². The van der Waals surface area contributed by atoms with Gasteiger partial charge in [-0.3, -0.25) is 9.59 Å². The molecule has 2 amide bonds. The van der Waals surface area contributed by atoms with Crippen LogP contribution in [-0.2, 0) is 0 Å². The zero-order chi connectivity index (χ0) is 23.1. The van der Waals surface area contributed by atoms with Gasteiger partial charge in [0, 0.05) is 37.3 Å². The van der Waals surface area contributed by atoms with Crippen molar-refractivity contribution in [1.29, 1.82) is 0 Å². The molecule has 2 atom stereocenters. The fourth-order valence-electron chi connectivity index (χ4n) is 3.46. The quantitative estimate of drug-likeness (QED) is 0.603. The second-order valence-electron chi connectivity index (χ2n) is 8.31. The molecule has 1 saturated heterocycles. The van der Waals surface area contributed by atoms with E-state index in [9.17, 15) is 9.59 Å². The minimum absolute atomic E-state index is 0.0151. The molecule has 3 rings (SSSR count). The van der Waals surface area contributed by atoms with E-state index in [1.807, 2.05) is 38.1 Å². The van der Waals surface area contributed by atoms with E-state index in [0.29, 0.717) is 37.3 Å². The van der Waals surface area contributed by atoms with Crippen molar-refractivity contribution in [3.05, 3.63) is 59.7 Å². The third-order valence-electron chi connectivity index (χ3n) is 5.88. The number of piperazine rings is 1. The first-order valence-corrected chi connectivity index (χ1v) is 11.5. The summed E-state index contributed by atoms with van der Waals surface area (Å²) >= 11 is 0. The van der Waals surface area contributed by atoms with Gasteiger partial charge in [0.15, 0.2) is 0 Å². The Bertz CT molecular complexity index is 812. The maximum atomic E-state index is 12.9. The molecule has 0 N–H and O–H groups in total. The molecule has 0 spiro atoms.